The second kappa shape index (κ2) is 1.95. The van der Waals surface area contributed by atoms with Crippen LogP contribution in [0.25, 0.3) is 0 Å². The minimum Gasteiger partial charge on any atom is -0.370 e. The zero-order valence-corrected chi connectivity index (χ0v) is 6.23. The molecule has 3 aliphatic heterocycles. The Kier molecular flexibility index (Phi) is 1.13. The molecule has 5 atom stereocenters. The summed E-state index contributed by atoms with van der Waals surface area (Å²) in [4.78, 5) is 0. The molecule has 3 heterocycles. The molecule has 0 spiro atoms. The Labute approximate surface area is 64.4 Å². The molecule has 0 aromatic carbocycles. The molecule has 3 saturated heterocycles. The van der Waals surface area contributed by atoms with Crippen LogP contribution >= 0.6 is 0 Å². The first-order valence-corrected chi connectivity index (χ1v) is 3.85. The summed E-state index contributed by atoms with van der Waals surface area (Å²) in [6.07, 6.45) is 0.658. The molecule has 3 fully saturated rings. The first-order valence-electron chi connectivity index (χ1n) is 3.85. The molecule has 4 heteroatoms. The van der Waals surface area contributed by atoms with E-state index in [2.05, 4.69) is 0 Å². The third-order valence-electron chi connectivity index (χ3n) is 2.40. The van der Waals surface area contributed by atoms with Crippen LogP contribution in [0.2, 0.25) is 0 Å². The molecule has 4 nitrogen and oxygen atoms in total. The first kappa shape index (κ1) is 6.37. The maximum absolute atomic E-state index is 5.52. The maximum Gasteiger partial charge on any atom is 0.186 e. The number of epoxide rings is 2. The summed E-state index contributed by atoms with van der Waals surface area (Å²) in [6, 6.07) is 0. The SMILES string of the molecule is CO[C@H]1O[C@@H]([C@H]2CO2)[C@@H]2O[C@H]12. The lowest BCUT2D eigenvalue weighted by atomic mass is 10.2. The summed E-state index contributed by atoms with van der Waals surface area (Å²) in [6.45, 7) is 0.813. The van der Waals surface area contributed by atoms with Gasteiger partial charge >= 0.3 is 0 Å². The van der Waals surface area contributed by atoms with Gasteiger partial charge in [-0.25, -0.2) is 0 Å². The summed E-state index contributed by atoms with van der Waals surface area (Å²) in [7, 11) is 1.64. The van der Waals surface area contributed by atoms with Crippen molar-refractivity contribution in [3.63, 3.8) is 0 Å². The highest BCUT2D eigenvalue weighted by molar-refractivity contribution is 5.05. The molecule has 62 valence electrons. The monoisotopic (exact) mass is 158 g/mol. The van der Waals surface area contributed by atoms with Crippen LogP contribution in [0.4, 0.5) is 0 Å². The molecule has 0 aliphatic carbocycles. The van der Waals surface area contributed by atoms with Gasteiger partial charge in [0.25, 0.3) is 0 Å². The summed E-state index contributed by atoms with van der Waals surface area (Å²) in [5.41, 5.74) is 0. The summed E-state index contributed by atoms with van der Waals surface area (Å²) >= 11 is 0. The lowest BCUT2D eigenvalue weighted by Crippen LogP contribution is -2.25. The van der Waals surface area contributed by atoms with E-state index in [0.717, 1.165) is 6.61 Å². The van der Waals surface area contributed by atoms with Crippen LogP contribution in [0.1, 0.15) is 0 Å². The van der Waals surface area contributed by atoms with E-state index in [9.17, 15) is 0 Å². The van der Waals surface area contributed by atoms with Crippen molar-refractivity contribution in [1.82, 2.24) is 0 Å². The van der Waals surface area contributed by atoms with Gasteiger partial charge in [-0.3, -0.25) is 0 Å². The quantitative estimate of drug-likeness (QED) is 0.509. The van der Waals surface area contributed by atoms with Crippen LogP contribution in [0.5, 0.6) is 0 Å². The minimum absolute atomic E-state index is 0.130. The summed E-state index contributed by atoms with van der Waals surface area (Å²) in [5, 5.41) is 0. The maximum atomic E-state index is 5.52. The Balaban J connectivity index is 1.71. The molecule has 0 radical (unpaired) electrons. The molecule has 0 amide bonds. The van der Waals surface area contributed by atoms with E-state index in [1.165, 1.54) is 0 Å². The number of fused-ring (bicyclic) bond motifs is 1. The summed E-state index contributed by atoms with van der Waals surface area (Å²) < 4.78 is 21.1. The van der Waals surface area contributed by atoms with E-state index in [4.69, 9.17) is 18.9 Å². The normalized spacial score (nSPS) is 59.2. The standard InChI is InChI=1S/C7H10O4/c1-8-7-6-5(10-6)4(11-7)3-2-9-3/h3-7H,2H2,1H3/t3-,4+,5+,6+,7+/m1/s1. The van der Waals surface area contributed by atoms with E-state index in [1.54, 1.807) is 7.11 Å². The summed E-state index contributed by atoms with van der Waals surface area (Å²) in [5.74, 6) is 0. The predicted octanol–water partition coefficient (Wildman–Crippen LogP) is -0.476. The van der Waals surface area contributed by atoms with E-state index in [-0.39, 0.29) is 30.7 Å². The van der Waals surface area contributed by atoms with Crippen molar-refractivity contribution in [2.24, 2.45) is 0 Å². The van der Waals surface area contributed by atoms with Crippen LogP contribution in [-0.2, 0) is 18.9 Å². The molecule has 0 N–H and O–H groups in total. The van der Waals surface area contributed by atoms with Gasteiger partial charge < -0.3 is 18.9 Å². The van der Waals surface area contributed by atoms with Crippen LogP contribution in [-0.4, -0.2) is 44.4 Å². The fraction of sp³-hybridized carbons (Fsp3) is 1.00. The number of methoxy groups -OCH3 is 1. The Bertz CT molecular complexity index is 179. The van der Waals surface area contributed by atoms with Gasteiger partial charge in [-0.2, -0.15) is 0 Å². The van der Waals surface area contributed by atoms with Crippen molar-refractivity contribution < 1.29 is 18.9 Å². The van der Waals surface area contributed by atoms with Gasteiger partial charge in [-0.05, 0) is 0 Å². The average Bonchev–Trinajstić information content (AvgIpc) is 2.88. The van der Waals surface area contributed by atoms with E-state index in [1.807, 2.05) is 0 Å². The fourth-order valence-electron chi connectivity index (χ4n) is 1.66. The van der Waals surface area contributed by atoms with Gasteiger partial charge in [0.2, 0.25) is 0 Å². The van der Waals surface area contributed by atoms with Gasteiger partial charge in [0.15, 0.2) is 6.29 Å². The van der Waals surface area contributed by atoms with Crippen LogP contribution in [0.15, 0.2) is 0 Å². The molecule has 11 heavy (non-hydrogen) atoms. The lowest BCUT2D eigenvalue weighted by Gasteiger charge is -2.13. The van der Waals surface area contributed by atoms with Crippen LogP contribution in [0.3, 0.4) is 0 Å². The molecular weight excluding hydrogens is 148 g/mol. The fourth-order valence-corrected chi connectivity index (χ4v) is 1.66. The molecule has 3 rings (SSSR count). The van der Waals surface area contributed by atoms with Crippen molar-refractivity contribution in [2.45, 2.75) is 30.7 Å². The molecular formula is C7H10O4. The average molecular weight is 158 g/mol. The van der Waals surface area contributed by atoms with Gasteiger partial charge in [0.1, 0.15) is 24.4 Å². The third kappa shape index (κ3) is 0.840. The minimum atomic E-state index is -0.158. The second-order valence-electron chi connectivity index (χ2n) is 3.14. The van der Waals surface area contributed by atoms with Crippen LogP contribution in [0, 0.1) is 0 Å². The Hall–Kier alpha value is -0.160. The van der Waals surface area contributed by atoms with Gasteiger partial charge in [-0.1, -0.05) is 0 Å². The van der Waals surface area contributed by atoms with Gasteiger partial charge in [0, 0.05) is 7.11 Å². The highest BCUT2D eigenvalue weighted by Crippen LogP contribution is 2.43. The number of hydrogen-bond donors (Lipinski definition) is 0. The van der Waals surface area contributed by atoms with Crippen molar-refractivity contribution >= 4 is 0 Å². The van der Waals surface area contributed by atoms with Gasteiger partial charge in [-0.15, -0.1) is 0 Å². The van der Waals surface area contributed by atoms with Crippen molar-refractivity contribution in [1.29, 1.82) is 0 Å². The molecule has 0 aromatic rings. The number of ether oxygens (including phenoxy) is 4. The van der Waals surface area contributed by atoms with Gasteiger partial charge in [0.05, 0.1) is 6.61 Å². The Morgan fingerprint density at radius 1 is 1.18 bits per heavy atom. The number of hydrogen-bond acceptors (Lipinski definition) is 4. The molecule has 0 bridgehead atoms. The lowest BCUT2D eigenvalue weighted by molar-refractivity contribution is -0.162. The van der Waals surface area contributed by atoms with Crippen LogP contribution < -0.4 is 0 Å². The molecule has 3 aliphatic rings. The zero-order valence-electron chi connectivity index (χ0n) is 6.23. The topological polar surface area (TPSA) is 43.5 Å². The number of rotatable bonds is 2. The Morgan fingerprint density at radius 2 is 2.00 bits per heavy atom. The van der Waals surface area contributed by atoms with Crippen molar-refractivity contribution in [2.75, 3.05) is 13.7 Å². The molecule has 0 saturated carbocycles. The van der Waals surface area contributed by atoms with Crippen molar-refractivity contribution in [3.8, 4) is 0 Å². The second-order valence-corrected chi connectivity index (χ2v) is 3.14. The molecule has 0 aromatic heterocycles. The first-order chi connectivity index (χ1) is 5.40. The zero-order chi connectivity index (χ0) is 7.42. The van der Waals surface area contributed by atoms with E-state index in [0.29, 0.717) is 0 Å². The highest BCUT2D eigenvalue weighted by atomic mass is 16.8. The largest absolute Gasteiger partial charge is 0.370 e. The van der Waals surface area contributed by atoms with Crippen molar-refractivity contribution in [3.05, 3.63) is 0 Å². The van der Waals surface area contributed by atoms with E-state index < -0.39 is 0 Å². The third-order valence-corrected chi connectivity index (χ3v) is 2.40. The smallest absolute Gasteiger partial charge is 0.186 e. The van der Waals surface area contributed by atoms with E-state index >= 15 is 0 Å². The molecule has 0 unspecified atom stereocenters. The predicted molar refractivity (Wildman–Crippen MR) is 34.1 cm³/mol. The highest BCUT2D eigenvalue weighted by Gasteiger charge is 2.62. The Morgan fingerprint density at radius 3 is 2.55 bits per heavy atom.